The number of carbonyl (C=O) groups excluding carboxylic acids is 6. The quantitative estimate of drug-likeness (QED) is 0.0286. The van der Waals surface area contributed by atoms with Gasteiger partial charge in [-0.2, -0.15) is 0 Å². The predicted molar refractivity (Wildman–Crippen MR) is 181 cm³/mol. The van der Waals surface area contributed by atoms with Gasteiger partial charge < -0.3 is 64.2 Å². The lowest BCUT2D eigenvalue weighted by atomic mass is 10.1. The molecule has 1 heterocycles. The molecule has 0 bridgehead atoms. The second kappa shape index (κ2) is 21.9. The van der Waals surface area contributed by atoms with E-state index in [2.05, 4.69) is 31.9 Å². The first-order valence-corrected chi connectivity index (χ1v) is 16.7. The minimum absolute atomic E-state index is 0.0636. The summed E-state index contributed by atoms with van der Waals surface area (Å²) in [7, 11) is 0. The minimum Gasteiger partial charge on any atom is -0.481 e. The van der Waals surface area contributed by atoms with E-state index in [4.69, 9.17) is 22.6 Å². The number of hydrogen-bond donors (Lipinski definition) is 12. The van der Waals surface area contributed by atoms with Crippen LogP contribution in [0.1, 0.15) is 72.1 Å². The Labute approximate surface area is 295 Å². The summed E-state index contributed by atoms with van der Waals surface area (Å²) >= 11 is 0. The van der Waals surface area contributed by atoms with Gasteiger partial charge in [0, 0.05) is 13.1 Å². The molecule has 288 valence electrons. The predicted octanol–water partition coefficient (Wildman–Crippen LogP) is -4.26. The molecule has 7 atom stereocenters. The number of unbranched alkanes of at least 4 members (excludes halogenated alkanes) is 1. The molecule has 0 aromatic heterocycles. The summed E-state index contributed by atoms with van der Waals surface area (Å²) in [5.74, 6) is -7.78. The minimum atomic E-state index is -1.69. The number of nitrogens with zero attached hydrogens (tertiary/aromatic N) is 1. The van der Waals surface area contributed by atoms with Gasteiger partial charge in [-0.25, -0.2) is 4.79 Å². The van der Waals surface area contributed by atoms with Crippen LogP contribution in [-0.2, 0) is 38.4 Å². The topological polar surface area (TPSA) is 354 Å². The van der Waals surface area contributed by atoms with Crippen molar-refractivity contribution in [2.24, 2.45) is 17.2 Å². The monoisotopic (exact) mass is 727 g/mol. The number of nitrogens with one attached hydrogen (secondary N) is 7. The number of nitrogens with two attached hydrogens (primary N) is 3. The first kappa shape index (κ1) is 44.0. The van der Waals surface area contributed by atoms with Crippen LogP contribution in [0, 0.1) is 5.41 Å². The molecule has 1 rings (SSSR count). The zero-order valence-corrected chi connectivity index (χ0v) is 29.2. The van der Waals surface area contributed by atoms with Crippen LogP contribution in [0.25, 0.3) is 0 Å². The Morgan fingerprint density at radius 3 is 1.86 bits per heavy atom. The molecule has 6 amide bonds. The number of amides is 6. The third-order valence-electron chi connectivity index (χ3n) is 7.99. The van der Waals surface area contributed by atoms with E-state index < -0.39 is 96.1 Å². The Balaban J connectivity index is 2.89. The first-order valence-electron chi connectivity index (χ1n) is 16.7. The van der Waals surface area contributed by atoms with E-state index in [1.807, 2.05) is 0 Å². The summed E-state index contributed by atoms with van der Waals surface area (Å²) in [6.07, 6.45) is 1.76. The molecule has 1 saturated heterocycles. The Morgan fingerprint density at radius 2 is 1.31 bits per heavy atom. The van der Waals surface area contributed by atoms with Crippen molar-refractivity contribution in [1.29, 1.82) is 5.41 Å². The highest BCUT2D eigenvalue weighted by Crippen LogP contribution is 2.18. The van der Waals surface area contributed by atoms with Crippen LogP contribution in [-0.4, -0.2) is 130 Å². The van der Waals surface area contributed by atoms with Crippen molar-refractivity contribution in [2.75, 3.05) is 19.6 Å². The van der Waals surface area contributed by atoms with Crippen molar-refractivity contribution in [3.63, 3.8) is 0 Å². The number of carbonyl (C=O) groups is 8. The smallest absolute Gasteiger partial charge is 0.326 e. The van der Waals surface area contributed by atoms with Crippen molar-refractivity contribution in [2.45, 2.75) is 114 Å². The summed E-state index contributed by atoms with van der Waals surface area (Å²) < 4.78 is 0. The molecule has 1 fully saturated rings. The number of carboxylic acids is 2. The lowest BCUT2D eigenvalue weighted by Crippen LogP contribution is -2.59. The van der Waals surface area contributed by atoms with Crippen molar-refractivity contribution >= 4 is 53.3 Å². The largest absolute Gasteiger partial charge is 0.481 e. The van der Waals surface area contributed by atoms with Gasteiger partial charge in [-0.3, -0.25) is 39.0 Å². The van der Waals surface area contributed by atoms with Crippen molar-refractivity contribution in [3.8, 4) is 0 Å². The van der Waals surface area contributed by atoms with E-state index in [0.29, 0.717) is 32.2 Å². The lowest BCUT2D eigenvalue weighted by molar-refractivity contribution is -0.149. The average molecular weight is 728 g/mol. The maximum Gasteiger partial charge on any atom is 0.326 e. The molecule has 0 aromatic carbocycles. The summed E-state index contributed by atoms with van der Waals surface area (Å²) in [4.78, 5) is 102. The molecule has 0 spiro atoms. The van der Waals surface area contributed by atoms with Gasteiger partial charge >= 0.3 is 11.9 Å². The molecule has 1 aliphatic heterocycles. The third kappa shape index (κ3) is 15.6. The summed E-state index contributed by atoms with van der Waals surface area (Å²) in [6.45, 7) is 4.70. The van der Waals surface area contributed by atoms with Gasteiger partial charge in [-0.1, -0.05) is 6.42 Å². The number of guanidine groups is 1. The molecular formula is C30H53N11O10. The summed E-state index contributed by atoms with van der Waals surface area (Å²) in [5, 5.41) is 40.5. The molecule has 0 saturated carbocycles. The normalized spacial score (nSPS) is 17.4. The van der Waals surface area contributed by atoms with Crippen molar-refractivity contribution < 1.29 is 48.6 Å². The Hall–Kier alpha value is -5.05. The van der Waals surface area contributed by atoms with E-state index in [1.54, 1.807) is 0 Å². The van der Waals surface area contributed by atoms with Crippen LogP contribution in [0.5, 0.6) is 0 Å². The summed E-state index contributed by atoms with van der Waals surface area (Å²) in [5.41, 5.74) is 16.7. The van der Waals surface area contributed by atoms with Gasteiger partial charge in [0.25, 0.3) is 0 Å². The Morgan fingerprint density at radius 1 is 0.765 bits per heavy atom. The maximum absolute atomic E-state index is 13.2. The van der Waals surface area contributed by atoms with Crippen LogP contribution in [0.3, 0.4) is 0 Å². The van der Waals surface area contributed by atoms with Crippen LogP contribution < -0.4 is 49.1 Å². The van der Waals surface area contributed by atoms with E-state index in [0.717, 1.165) is 4.90 Å². The van der Waals surface area contributed by atoms with Gasteiger partial charge in [-0.05, 0) is 65.8 Å². The van der Waals surface area contributed by atoms with Crippen molar-refractivity contribution in [1.82, 2.24) is 36.8 Å². The fourth-order valence-electron chi connectivity index (χ4n) is 5.09. The summed E-state index contributed by atoms with van der Waals surface area (Å²) in [6, 6.07) is -8.57. The zero-order chi connectivity index (χ0) is 38.8. The molecular weight excluding hydrogens is 674 g/mol. The Bertz CT molecular complexity index is 1280. The molecule has 21 heteroatoms. The highest BCUT2D eigenvalue weighted by atomic mass is 16.4. The van der Waals surface area contributed by atoms with E-state index in [-0.39, 0.29) is 38.3 Å². The van der Waals surface area contributed by atoms with E-state index >= 15 is 0 Å². The first-order chi connectivity index (χ1) is 23.9. The average Bonchev–Trinajstić information content (AvgIpc) is 3.55. The second-order valence-electron chi connectivity index (χ2n) is 12.3. The molecule has 1 aliphatic rings. The number of aliphatic carboxylic acids is 2. The van der Waals surface area contributed by atoms with Gasteiger partial charge in [0.1, 0.15) is 36.3 Å². The van der Waals surface area contributed by atoms with Gasteiger partial charge in [0.15, 0.2) is 5.96 Å². The SMILES string of the molecule is C[C@H](NC(=O)[C@H](CC(=O)O)NC(=O)[C@H](C)NC(=O)[C@H](CCCNC(=N)N)NC(=O)[C@@H](N)CCCCN)C(=O)N[C@@H](C)C(=O)N1CCC[C@H]1C(=O)O. The van der Waals surface area contributed by atoms with Gasteiger partial charge in [0.2, 0.25) is 35.4 Å². The molecule has 21 nitrogen and oxygen atoms in total. The Kier molecular flexibility index (Phi) is 18.9. The molecule has 0 unspecified atom stereocenters. The second-order valence-corrected chi connectivity index (χ2v) is 12.3. The van der Waals surface area contributed by atoms with Crippen LogP contribution in [0.15, 0.2) is 0 Å². The standard InChI is InChI=1S/C30H53N11O10/c1-15(23(44)38-17(3)28(49)41-13-7-10-21(41)29(50)51)37-27(48)20(14-22(42)43)40-24(45)16(2)36-26(47)19(9-6-12-35-30(33)34)39-25(46)18(32)8-4-5-11-31/h15-21H,4-14,31-32H2,1-3H3,(H,36,47)(H,37,48)(H,38,44)(H,39,46)(H,40,45)(H,42,43)(H,50,51)(H4,33,34,35)/t15-,16-,17-,18-,19-,20-,21-/m0/s1. The fraction of sp³-hybridized carbons (Fsp3) is 0.700. The number of likely N-dealkylation sites (tertiary alicyclic amines) is 1. The third-order valence-corrected chi connectivity index (χ3v) is 7.99. The van der Waals surface area contributed by atoms with Gasteiger partial charge in [-0.15, -0.1) is 0 Å². The molecule has 0 radical (unpaired) electrons. The van der Waals surface area contributed by atoms with Crippen LogP contribution in [0.4, 0.5) is 0 Å². The molecule has 0 aliphatic carbocycles. The van der Waals surface area contributed by atoms with Crippen LogP contribution >= 0.6 is 0 Å². The molecule has 15 N–H and O–H groups in total. The maximum atomic E-state index is 13.2. The highest BCUT2D eigenvalue weighted by molar-refractivity contribution is 5.97. The van der Waals surface area contributed by atoms with Gasteiger partial charge in [0.05, 0.1) is 12.5 Å². The number of rotatable bonds is 22. The van der Waals surface area contributed by atoms with E-state index in [1.165, 1.54) is 20.8 Å². The highest BCUT2D eigenvalue weighted by Gasteiger charge is 2.37. The molecule has 0 aromatic rings. The van der Waals surface area contributed by atoms with Crippen molar-refractivity contribution in [3.05, 3.63) is 0 Å². The van der Waals surface area contributed by atoms with E-state index in [9.17, 15) is 48.6 Å². The number of carboxylic acid groups (broad SMARTS) is 2. The molecule has 51 heavy (non-hydrogen) atoms. The zero-order valence-electron chi connectivity index (χ0n) is 29.2. The van der Waals surface area contributed by atoms with Crippen LogP contribution in [0.2, 0.25) is 0 Å². The lowest BCUT2D eigenvalue weighted by Gasteiger charge is -2.27. The number of hydrogen-bond acceptors (Lipinski definition) is 11. The fourth-order valence-corrected chi connectivity index (χ4v) is 5.09.